The van der Waals surface area contributed by atoms with Crippen LogP contribution in [0.15, 0.2) is 36.4 Å². The fourth-order valence-corrected chi connectivity index (χ4v) is 11.5. The molecule has 4 heterocycles. The average molecular weight is 1410 g/mol. The number of ether oxygens (including phenoxy) is 3. The molecule has 0 spiro atoms. The van der Waals surface area contributed by atoms with Gasteiger partial charge < -0.3 is 49.4 Å². The second-order valence-electron chi connectivity index (χ2n) is 24.6. The number of rotatable bonds is 17. The Labute approximate surface area is 570 Å². The van der Waals surface area contributed by atoms with Gasteiger partial charge in [0.05, 0.1) is 59.0 Å². The van der Waals surface area contributed by atoms with E-state index in [-0.39, 0.29) is 95.0 Å². The number of carboxylic acids is 1. The van der Waals surface area contributed by atoms with E-state index >= 15 is 0 Å². The number of aromatic nitrogens is 6. The number of benzene rings is 2. The van der Waals surface area contributed by atoms with Gasteiger partial charge >= 0.3 is 37.2 Å². The molecule has 6 atom stereocenters. The molecule has 28 heteroatoms. The van der Waals surface area contributed by atoms with Crippen LogP contribution >= 0.6 is 50.3 Å². The van der Waals surface area contributed by atoms with Crippen LogP contribution in [0.3, 0.4) is 0 Å². The lowest BCUT2D eigenvalue weighted by molar-refractivity contribution is -0.199. The molecule has 4 aromatic rings. The number of ketones is 2. The van der Waals surface area contributed by atoms with Crippen LogP contribution in [0.4, 0.5) is 4.79 Å². The molecule has 3 aliphatic carbocycles. The number of alkyl halides is 1. The molecule has 4 fully saturated rings. The Morgan fingerprint density at radius 2 is 1.50 bits per heavy atom. The molecule has 2 aromatic carbocycles. The Kier molecular flexibility index (Phi) is 34.9. The van der Waals surface area contributed by atoms with Crippen molar-refractivity contribution < 1.29 is 62.3 Å². The van der Waals surface area contributed by atoms with Crippen molar-refractivity contribution in [2.75, 3.05) is 19.0 Å². The fourth-order valence-electron chi connectivity index (χ4n) is 11.3. The first-order valence-electron chi connectivity index (χ1n) is 29.4. The predicted molar refractivity (Wildman–Crippen MR) is 370 cm³/mol. The highest BCUT2D eigenvalue weighted by Crippen LogP contribution is 2.66. The molecule has 1 amide bonds. The van der Waals surface area contributed by atoms with Gasteiger partial charge in [0.15, 0.2) is 11.6 Å². The summed E-state index contributed by atoms with van der Waals surface area (Å²) >= 11 is 17.6. The van der Waals surface area contributed by atoms with Crippen LogP contribution in [-0.2, 0) is 67.3 Å². The molecule has 2 bridgehead atoms. The summed E-state index contributed by atoms with van der Waals surface area (Å²) in [5.74, 6) is 10.1. The zero-order chi connectivity index (χ0) is 66.8. The summed E-state index contributed by atoms with van der Waals surface area (Å²) in [6.07, 6.45) is 3.53. The molecule has 9 rings (SSSR count). The zero-order valence-corrected chi connectivity index (χ0v) is 57.6. The van der Waals surface area contributed by atoms with E-state index in [0.29, 0.717) is 59.5 Å². The number of Topliss-reactive ketones (excluding diaryl/α,β-unsaturated/α-hetero) is 2. The van der Waals surface area contributed by atoms with Crippen molar-refractivity contribution in [3.63, 3.8) is 0 Å². The number of esters is 1. The van der Waals surface area contributed by atoms with Crippen LogP contribution in [0.5, 0.6) is 11.5 Å². The smallest absolute Gasteiger partial charge is 0.526 e. The minimum absolute atomic E-state index is 0. The number of nitrogens with one attached hydrogen (secondary N) is 1. The summed E-state index contributed by atoms with van der Waals surface area (Å²) in [5.41, 5.74) is 9.36. The number of halogens is 4. The van der Waals surface area contributed by atoms with Crippen molar-refractivity contribution in [3.8, 4) is 35.2 Å². The van der Waals surface area contributed by atoms with E-state index in [4.69, 9.17) is 68.3 Å². The Bertz CT molecular complexity index is 3210. The summed E-state index contributed by atoms with van der Waals surface area (Å²) < 4.78 is 38.5. The molecule has 92 heavy (non-hydrogen) atoms. The quantitative estimate of drug-likeness (QED) is 0.0331. The number of para-hydroxylation sites is 2. The number of hydrogen-bond acceptors (Lipinski definition) is 17. The van der Waals surface area contributed by atoms with Gasteiger partial charge in [0.2, 0.25) is 0 Å². The lowest BCUT2D eigenvalue weighted by Crippen LogP contribution is -2.65. The maximum absolute atomic E-state index is 13.6. The number of nitrogens with zero attached hydrogens (tertiary/aromatic N) is 6. The monoisotopic (exact) mass is 1400 g/mol. The van der Waals surface area contributed by atoms with Crippen LogP contribution in [0.25, 0.3) is 0 Å². The minimum Gasteiger partial charge on any atom is -0.535 e. The van der Waals surface area contributed by atoms with Crippen molar-refractivity contribution >= 4 is 99.1 Å². The van der Waals surface area contributed by atoms with Crippen molar-refractivity contribution in [1.29, 1.82) is 0 Å². The number of carbonyl (C=O) groups is 5. The molecule has 21 nitrogen and oxygen atoms in total. The predicted octanol–water partition coefficient (Wildman–Crippen LogP) is 12.1. The molecular weight excluding hydrogens is 1310 g/mol. The topological polar surface area (TPSA) is 281 Å². The molecule has 0 unspecified atom stereocenters. The molecule has 508 valence electrons. The van der Waals surface area contributed by atoms with E-state index in [2.05, 4.69) is 86.3 Å². The summed E-state index contributed by atoms with van der Waals surface area (Å²) in [6.45, 7) is 27.8. The minimum atomic E-state index is -1.25. The number of nitrogens with two attached hydrogens (primary N) is 1. The number of hydrogen-bond donors (Lipinski definition) is 4. The Balaban J connectivity index is 0.000000718. The zero-order valence-electron chi connectivity index (χ0n) is 53.7. The van der Waals surface area contributed by atoms with E-state index < -0.39 is 59.8 Å². The highest BCUT2D eigenvalue weighted by molar-refractivity contribution is 9.09. The number of aryl methyl sites for hydroxylation is 2. The lowest BCUT2D eigenvalue weighted by atomic mass is 9.43. The first-order chi connectivity index (χ1) is 41.7. The number of amides is 1. The van der Waals surface area contributed by atoms with Gasteiger partial charge in [-0.1, -0.05) is 106 Å². The third-order valence-corrected chi connectivity index (χ3v) is 15.9. The maximum Gasteiger partial charge on any atom is 0.526 e. The summed E-state index contributed by atoms with van der Waals surface area (Å²) in [5, 5.41) is 39.0. The Morgan fingerprint density at radius 3 is 2.03 bits per heavy atom. The number of methoxy groups -OCH3 is 1. The van der Waals surface area contributed by atoms with Crippen LogP contribution in [0, 0.1) is 54.8 Å². The molecule has 5 aliphatic rings. The molecule has 5 N–H and O–H groups in total. The van der Waals surface area contributed by atoms with E-state index in [1.165, 1.54) is 10.7 Å². The van der Waals surface area contributed by atoms with Crippen LogP contribution < -0.4 is 20.4 Å². The van der Waals surface area contributed by atoms with Gasteiger partial charge in [-0.05, 0) is 149 Å². The standard InChI is InChI=1S/C32H46BN3O6.C16H19BN4O5.C9H15NO2.C4H5Br.3CH4.BCl3/c1-10-25-19(2)36(35-34-25)18-23(37)17-22(33-41-27-16-21-15-26(31(21,6)7)32(27,8)42-33)14-20-12-11-13-24(28(20)39-9)29(38)40-30(3,4)5;1-9-14(7-18)21(20-19-9)8-12(22)6-11-5-10-3-2-4-13(16(23)24)15(10)26-17(11)25;1-5-6-7-10-8(11)12-9(2,3)4;1-2-3-4-5;;;;2-1(3)4/h11-13,21-22,26-27H,10,14-18H2,1-9H3;2-4,11,25H,5-8,18H2,1H3,(H,23,24);7H2,1-4H3,(H,10,11);4H2,1H3;3*1H4;/t21-,22+,26-,27+,32-;11-;;;;;;/m01....../s1. The summed E-state index contributed by atoms with van der Waals surface area (Å²) in [6, 6.07) is 10.2. The van der Waals surface area contributed by atoms with Crippen molar-refractivity contribution in [2.24, 2.45) is 23.0 Å². The van der Waals surface area contributed by atoms with E-state index in [1.54, 1.807) is 43.8 Å². The van der Waals surface area contributed by atoms with Crippen molar-refractivity contribution in [2.45, 2.75) is 218 Å². The van der Waals surface area contributed by atoms with E-state index in [9.17, 15) is 34.1 Å². The molecular formula is C64H97B3BrCl3N8O13. The van der Waals surface area contributed by atoms with Gasteiger partial charge in [-0.2, -0.15) is 34.4 Å². The van der Waals surface area contributed by atoms with Gasteiger partial charge in [-0.15, -0.1) is 22.0 Å². The second kappa shape index (κ2) is 38.1. The largest absolute Gasteiger partial charge is 0.535 e. The highest BCUT2D eigenvalue weighted by Gasteiger charge is 2.68. The third kappa shape index (κ3) is 24.0. The molecule has 3 saturated carbocycles. The fraction of sp³-hybridized carbons (Fsp3) is 0.609. The average Bonchev–Trinajstić information content (AvgIpc) is 1.35. The van der Waals surface area contributed by atoms with Gasteiger partial charge in [0.1, 0.15) is 41.4 Å². The number of aromatic carboxylic acids is 1. The molecule has 1 saturated heterocycles. The first-order valence-corrected chi connectivity index (χ1v) is 31.8. The van der Waals surface area contributed by atoms with E-state index in [0.717, 1.165) is 41.5 Å². The van der Waals surface area contributed by atoms with Gasteiger partial charge in [-0.25, -0.2) is 23.7 Å². The van der Waals surface area contributed by atoms with Crippen LogP contribution in [0.2, 0.25) is 11.6 Å². The highest BCUT2D eigenvalue weighted by atomic mass is 79.9. The van der Waals surface area contributed by atoms with Crippen molar-refractivity contribution in [3.05, 3.63) is 81.4 Å². The summed E-state index contributed by atoms with van der Waals surface area (Å²) in [7, 11) is -0.255. The normalized spacial score (nSPS) is 18.6. The lowest BCUT2D eigenvalue weighted by Gasteiger charge is -2.64. The van der Waals surface area contributed by atoms with Crippen molar-refractivity contribution in [1.82, 2.24) is 35.3 Å². The first kappa shape index (κ1) is 84.4. The summed E-state index contributed by atoms with van der Waals surface area (Å²) in [4.78, 5) is 60.5. The second-order valence-corrected chi connectivity index (χ2v) is 27.1. The molecule has 0 radical (unpaired) electrons. The number of carboxylic acid groups (broad SMARTS) is 1. The number of alkyl carbamates (subject to hydrolysis) is 1. The molecule has 2 aromatic heterocycles. The Morgan fingerprint density at radius 1 is 0.902 bits per heavy atom. The van der Waals surface area contributed by atoms with Crippen LogP contribution in [0.1, 0.15) is 186 Å². The molecule has 2 aliphatic heterocycles. The number of fused-ring (bicyclic) bond motifs is 1. The van der Waals surface area contributed by atoms with Gasteiger partial charge in [0.25, 0.3) is 0 Å². The van der Waals surface area contributed by atoms with E-state index in [1.807, 2.05) is 74.4 Å². The van der Waals surface area contributed by atoms with Gasteiger partial charge in [-0.3, -0.25) is 9.59 Å². The van der Waals surface area contributed by atoms with Gasteiger partial charge in [0, 0.05) is 31.0 Å². The third-order valence-electron chi connectivity index (χ3n) is 15.6. The SMILES string of the molecule is C.C.C.CC#CCBr.CC#CCNC(=O)OC(C)(C)C.CCc1nnn(CC(=O)C[C@@H](Cc2cccc(C(=O)OC(C)(C)C)c2OC)B2O[C@@H]3C[C@@H]4C[C@@H](C4(C)C)[C@]3(C)O2)c1C.Cc1nnn(CC(=O)C[C@H]2Cc3cccc(C(=O)O)c3OB2O)c1CN.ClB(Cl)Cl. The maximum atomic E-state index is 13.6. The number of carbonyl (C=O) groups excluding carboxylic acids is 4. The van der Waals surface area contributed by atoms with Crippen LogP contribution in [-0.4, -0.2) is 131 Å². The Hall–Kier alpha value is -5.63.